The fourth-order valence-electron chi connectivity index (χ4n) is 19.9. The lowest BCUT2D eigenvalue weighted by Gasteiger charge is -2.42. The van der Waals surface area contributed by atoms with Gasteiger partial charge in [0.05, 0.1) is 54.5 Å². The summed E-state index contributed by atoms with van der Waals surface area (Å²) in [6.45, 7) is 3.63. The van der Waals surface area contributed by atoms with Crippen LogP contribution in [0.2, 0.25) is 10.0 Å². The molecular formula is C97H115Cl2N13OS2. The first-order chi connectivity index (χ1) is 56.0. The zero-order chi connectivity index (χ0) is 77.5. The van der Waals surface area contributed by atoms with Crippen molar-refractivity contribution < 1.29 is 4.42 Å². The number of rotatable bonds is 10. The maximum absolute atomic E-state index is 6.25. The molecule has 5 aliphatic carbocycles. The zero-order valence-corrected chi connectivity index (χ0v) is 69.5. The highest BCUT2D eigenvalue weighted by Gasteiger charge is 2.46. The second-order valence-electron chi connectivity index (χ2n) is 33.7. The van der Waals surface area contributed by atoms with Crippen molar-refractivity contribution in [1.29, 1.82) is 0 Å². The van der Waals surface area contributed by atoms with E-state index in [2.05, 4.69) is 194 Å². The molecule has 14 nitrogen and oxygen atoms in total. The molecule has 5 saturated carbocycles. The molecule has 600 valence electrons. The molecule has 18 heteroatoms. The van der Waals surface area contributed by atoms with Crippen molar-refractivity contribution in [3.63, 3.8) is 0 Å². The molecule has 5 spiro atoms. The Morgan fingerprint density at radius 1 is 0.383 bits per heavy atom. The van der Waals surface area contributed by atoms with Gasteiger partial charge in [-0.25, -0.2) is 0 Å². The molecular weight excluding hydrogens is 1500 g/mol. The summed E-state index contributed by atoms with van der Waals surface area (Å²) in [4.78, 5) is 31.6. The van der Waals surface area contributed by atoms with Crippen molar-refractivity contribution >= 4 is 104 Å². The summed E-state index contributed by atoms with van der Waals surface area (Å²) in [6.07, 6.45) is 43.6. The number of anilines is 5. The van der Waals surface area contributed by atoms with Crippen LogP contribution < -0.4 is 26.6 Å². The first-order valence-electron chi connectivity index (χ1n) is 42.3. The highest BCUT2D eigenvalue weighted by atomic mass is 35.5. The van der Waals surface area contributed by atoms with Crippen LogP contribution in [0.25, 0.3) is 0 Å². The van der Waals surface area contributed by atoms with E-state index in [0.717, 1.165) is 87.2 Å². The Morgan fingerprint density at radius 3 is 1.20 bits per heavy atom. The minimum Gasteiger partial charge on any atom is -0.467 e. The van der Waals surface area contributed by atoms with Gasteiger partial charge in [-0.05, 0) is 184 Å². The van der Waals surface area contributed by atoms with Gasteiger partial charge in [0, 0.05) is 84.6 Å². The van der Waals surface area contributed by atoms with Crippen LogP contribution in [0.4, 0.5) is 28.6 Å². The number of para-hydroxylation sites is 3. The standard InChI is InChI=1S/C21H24N2.C19H20Cl2N2S.C19H24N4.C19H22N2O.C18H21N3S.CH4/c1-3-9-17(10-4-1)16-22-20-21(13-7-2-8-14-21)15-18-11-5-6-12-19(18)23-20;20-15-9-13-11-19(6-2-1-3-7-19)18(23-17(13)10-16(15)21)22-12-14-5-4-8-24-14;1-23-14-16-12-19(10-6-3-7-11-19)18(21-17(16)22-23)20-13-15-8-4-2-5-9-15;1-4-10-19(11-5-1)13-15-7-2-3-9-17(15)21-18(19)20-14-16-8-6-12-22-16;1-4-8-18(9-5-1)10-14-6-2-3-7-16(14)21-17(18)20-12-15-11-19-13-22-15;/h1,3-6,9-12H,2,7-8,13-16H2,(H,22,23);4-5,8-10H,1-3,6-7,11-12H2,(H,22,23);2,4-5,8-9,14H,3,6-7,10-13H2,1H3,(H,20,21,22);2-3,6-9,12H,1,4-5,10-11,13-14H2,(H,20,21);2-3,6-7,11,13H,1,4-5,8-10,12H2,(H,20,21);1H4. The molecule has 115 heavy (non-hydrogen) atoms. The highest BCUT2D eigenvalue weighted by Crippen LogP contribution is 2.51. The third kappa shape index (κ3) is 19.5. The van der Waals surface area contributed by atoms with Crippen LogP contribution in [0.5, 0.6) is 0 Å². The first kappa shape index (κ1) is 81.2. The number of thiophene rings is 1. The summed E-state index contributed by atoms with van der Waals surface area (Å²) >= 11 is 15.9. The summed E-state index contributed by atoms with van der Waals surface area (Å²) < 4.78 is 7.35. The van der Waals surface area contributed by atoms with E-state index >= 15 is 0 Å². The SMILES string of the molecule is C.Clc1cc2c(cc1Cl)NC(=NCc1cccs1)C1(CCCCC1)C2.Cn1cc2c(n1)NC(=NCc1ccccc1)C1(CCCCC1)C2.c1ccc(CN=C2Nc3ccccc3CC23CCCCC3)cc1.c1ccc2c(c1)CC1(CCCCC1)C(=NCc1cncs1)N2.c1coc(CN=C2Nc3ccccc3CC23CCCCC3)c1. The fraction of sp³-hybridized carbons (Fsp3) is 0.433. The minimum atomic E-state index is 0. The van der Waals surface area contributed by atoms with Gasteiger partial charge < -0.3 is 31.0 Å². The number of halogens is 2. The van der Waals surface area contributed by atoms with Crippen molar-refractivity contribution in [2.24, 2.45) is 59.1 Å². The summed E-state index contributed by atoms with van der Waals surface area (Å²) in [7, 11) is 1.99. The number of aliphatic imine (C=N–C) groups is 5. The Morgan fingerprint density at radius 2 is 0.774 bits per heavy atom. The van der Waals surface area contributed by atoms with E-state index < -0.39 is 0 Å². The van der Waals surface area contributed by atoms with Crippen LogP contribution in [0.1, 0.15) is 222 Å². The Kier molecular flexibility index (Phi) is 26.8. The lowest BCUT2D eigenvalue weighted by Crippen LogP contribution is -2.43. The van der Waals surface area contributed by atoms with Gasteiger partial charge in [-0.15, -0.1) is 22.7 Å². The molecule has 0 unspecified atom stereocenters. The van der Waals surface area contributed by atoms with E-state index in [1.165, 1.54) is 244 Å². The summed E-state index contributed by atoms with van der Waals surface area (Å²) in [5.74, 6) is 7.82. The second-order valence-corrected chi connectivity index (χ2v) is 36.5. The zero-order valence-electron chi connectivity index (χ0n) is 66.4. The maximum atomic E-state index is 6.25. The topological polar surface area (TPSA) is 166 Å². The normalized spacial score (nSPS) is 21.0. The molecule has 9 heterocycles. The van der Waals surface area contributed by atoms with Crippen LogP contribution in [-0.2, 0) is 71.9 Å². The van der Waals surface area contributed by atoms with Crippen LogP contribution in [-0.4, -0.2) is 43.9 Å². The van der Waals surface area contributed by atoms with Crippen molar-refractivity contribution in [2.45, 2.75) is 233 Å². The molecule has 0 radical (unpaired) electrons. The van der Waals surface area contributed by atoms with Crippen LogP contribution in [0, 0.1) is 27.1 Å². The Labute approximate surface area is 700 Å². The second kappa shape index (κ2) is 38.0. The van der Waals surface area contributed by atoms with Crippen LogP contribution in [0.15, 0.2) is 229 Å². The quantitative estimate of drug-likeness (QED) is 0.0903. The van der Waals surface area contributed by atoms with Gasteiger partial charge in [0.1, 0.15) is 34.9 Å². The Hall–Kier alpha value is -8.93. The average Bonchev–Trinajstić information content (AvgIpc) is 1.65. The van der Waals surface area contributed by atoms with Gasteiger partial charge in [0.25, 0.3) is 0 Å². The largest absolute Gasteiger partial charge is 0.467 e. The average molecular weight is 1610 g/mol. The van der Waals surface area contributed by atoms with Gasteiger partial charge in [0.2, 0.25) is 0 Å². The first-order valence-corrected chi connectivity index (χ1v) is 44.8. The van der Waals surface area contributed by atoms with Crippen molar-refractivity contribution in [3.05, 3.63) is 264 Å². The summed E-state index contributed by atoms with van der Waals surface area (Å²) in [5, 5.41) is 26.0. The summed E-state index contributed by atoms with van der Waals surface area (Å²) in [5.41, 5.74) is 17.1. The van der Waals surface area contributed by atoms with E-state index in [9.17, 15) is 0 Å². The number of thiazole rings is 1. The number of aromatic nitrogens is 3. The molecule has 4 aromatic heterocycles. The molecule has 10 aliphatic rings. The molecule has 6 aromatic carbocycles. The van der Waals surface area contributed by atoms with E-state index in [0.29, 0.717) is 16.6 Å². The van der Waals surface area contributed by atoms with Crippen LogP contribution >= 0.6 is 45.9 Å². The molecule has 0 atom stereocenters. The fourth-order valence-corrected chi connectivity index (χ4v) is 21.4. The molecule has 20 rings (SSSR count). The molecule has 0 saturated heterocycles. The predicted molar refractivity (Wildman–Crippen MR) is 484 cm³/mol. The molecule has 10 aromatic rings. The number of aryl methyl sites for hydroxylation is 1. The number of hydrogen-bond acceptors (Lipinski definition) is 10. The Balaban J connectivity index is 0.000000113. The molecule has 5 N–H and O–H groups in total. The van der Waals surface area contributed by atoms with E-state index in [-0.39, 0.29) is 34.5 Å². The number of hydrogen-bond donors (Lipinski definition) is 5. The number of nitrogens with one attached hydrogen (secondary N) is 5. The summed E-state index contributed by atoms with van der Waals surface area (Å²) in [6, 6.07) is 59.3. The lowest BCUT2D eigenvalue weighted by atomic mass is 9.67. The number of fused-ring (bicyclic) bond motifs is 5. The molecule has 5 aliphatic heterocycles. The van der Waals surface area contributed by atoms with Gasteiger partial charge in [0.15, 0.2) is 5.82 Å². The van der Waals surface area contributed by atoms with Gasteiger partial charge in [-0.1, -0.05) is 248 Å². The maximum Gasteiger partial charge on any atom is 0.156 e. The number of benzene rings is 6. The van der Waals surface area contributed by atoms with Gasteiger partial charge >= 0.3 is 0 Å². The highest BCUT2D eigenvalue weighted by molar-refractivity contribution is 7.10. The monoisotopic (exact) mass is 1610 g/mol. The minimum absolute atomic E-state index is 0. The van der Waals surface area contributed by atoms with E-state index in [1.807, 2.05) is 47.7 Å². The third-order valence-corrected chi connectivity index (χ3v) is 28.3. The van der Waals surface area contributed by atoms with Crippen LogP contribution in [0.3, 0.4) is 0 Å². The predicted octanol–water partition coefficient (Wildman–Crippen LogP) is 25.8. The molecule has 0 bridgehead atoms. The number of furan rings is 1. The number of amidine groups is 5. The van der Waals surface area contributed by atoms with Gasteiger partial charge in [-0.3, -0.25) is 34.6 Å². The Bertz CT molecular complexity index is 4840. The van der Waals surface area contributed by atoms with Crippen molar-refractivity contribution in [2.75, 3.05) is 26.6 Å². The van der Waals surface area contributed by atoms with E-state index in [4.69, 9.17) is 52.6 Å². The van der Waals surface area contributed by atoms with Crippen molar-refractivity contribution in [1.82, 2.24) is 14.8 Å². The van der Waals surface area contributed by atoms with Gasteiger partial charge in [-0.2, -0.15) is 5.10 Å². The molecule has 0 amide bonds. The smallest absolute Gasteiger partial charge is 0.156 e. The van der Waals surface area contributed by atoms with Crippen molar-refractivity contribution in [3.8, 4) is 0 Å². The molecule has 5 fully saturated rings. The van der Waals surface area contributed by atoms with E-state index in [1.54, 1.807) is 28.9 Å². The number of nitrogens with zero attached hydrogens (tertiary/aromatic N) is 8. The lowest BCUT2D eigenvalue weighted by molar-refractivity contribution is 0.278. The third-order valence-electron chi connectivity index (χ3n) is 25.9.